The van der Waals surface area contributed by atoms with Crippen LogP contribution in [0.25, 0.3) is 0 Å². The van der Waals surface area contributed by atoms with Gasteiger partial charge in [-0.2, -0.15) is 5.26 Å². The van der Waals surface area contributed by atoms with Crippen LogP contribution < -0.4 is 0 Å². The first-order chi connectivity index (χ1) is 6.97. The average molecular weight is 288 g/mol. The molecule has 1 unspecified atom stereocenters. The van der Waals surface area contributed by atoms with Gasteiger partial charge < -0.3 is 0 Å². The average Bonchev–Trinajstić information content (AvgIpc) is 2.17. The van der Waals surface area contributed by atoms with Crippen LogP contribution in [0, 0.1) is 17.2 Å². The van der Waals surface area contributed by atoms with Crippen LogP contribution in [0.2, 0.25) is 0 Å². The maximum absolute atomic E-state index is 11.8. The molecule has 0 aliphatic heterocycles. The lowest BCUT2D eigenvalue weighted by Gasteiger charge is -2.06. The van der Waals surface area contributed by atoms with E-state index >= 15 is 0 Å². The van der Waals surface area contributed by atoms with Crippen LogP contribution in [0.1, 0.15) is 6.92 Å². The highest BCUT2D eigenvalue weighted by molar-refractivity contribution is 9.10. The zero-order chi connectivity index (χ0) is 11.5. The molecule has 0 saturated carbocycles. The summed E-state index contributed by atoms with van der Waals surface area (Å²) in [7, 11) is -3.37. The minimum atomic E-state index is -3.37. The molecule has 0 amide bonds. The van der Waals surface area contributed by atoms with Gasteiger partial charge >= 0.3 is 0 Å². The largest absolute Gasteiger partial charge is 0.224 e. The second kappa shape index (κ2) is 4.77. The van der Waals surface area contributed by atoms with Crippen LogP contribution in [0.5, 0.6) is 0 Å². The van der Waals surface area contributed by atoms with Crippen molar-refractivity contribution in [1.29, 1.82) is 5.26 Å². The maximum atomic E-state index is 11.8. The Labute approximate surface area is 97.8 Å². The van der Waals surface area contributed by atoms with Gasteiger partial charge in [-0.25, -0.2) is 8.42 Å². The minimum absolute atomic E-state index is 0.147. The molecule has 3 nitrogen and oxygen atoms in total. The van der Waals surface area contributed by atoms with Crippen LogP contribution in [0.3, 0.4) is 0 Å². The molecule has 0 heterocycles. The smallest absolute Gasteiger partial charge is 0.180 e. The normalized spacial score (nSPS) is 13.1. The molecule has 0 N–H and O–H groups in total. The Balaban J connectivity index is 3.09. The fraction of sp³-hybridized carbons (Fsp3) is 0.300. The Morgan fingerprint density at radius 3 is 2.60 bits per heavy atom. The highest BCUT2D eigenvalue weighted by Crippen LogP contribution is 2.23. The van der Waals surface area contributed by atoms with Gasteiger partial charge in [0.1, 0.15) is 0 Å². The van der Waals surface area contributed by atoms with Gasteiger partial charge in [-0.1, -0.05) is 12.1 Å². The van der Waals surface area contributed by atoms with Gasteiger partial charge in [-0.15, -0.1) is 0 Å². The van der Waals surface area contributed by atoms with E-state index in [4.69, 9.17) is 5.26 Å². The van der Waals surface area contributed by atoms with Gasteiger partial charge in [0.15, 0.2) is 9.84 Å². The number of nitrogens with zero attached hydrogens (tertiary/aromatic N) is 1. The molecule has 80 valence electrons. The molecule has 1 aromatic carbocycles. The molecule has 15 heavy (non-hydrogen) atoms. The topological polar surface area (TPSA) is 57.9 Å². The molecule has 0 aliphatic carbocycles. The molecule has 1 atom stereocenters. The summed E-state index contributed by atoms with van der Waals surface area (Å²) in [5.74, 6) is -0.645. The summed E-state index contributed by atoms with van der Waals surface area (Å²) in [6.45, 7) is 1.59. The van der Waals surface area contributed by atoms with Crippen molar-refractivity contribution in [2.24, 2.45) is 5.92 Å². The van der Waals surface area contributed by atoms with Crippen LogP contribution in [-0.2, 0) is 9.84 Å². The predicted octanol–water partition coefficient (Wildman–Crippen LogP) is 2.38. The fourth-order valence-electron chi connectivity index (χ4n) is 1.15. The number of hydrogen-bond acceptors (Lipinski definition) is 3. The van der Waals surface area contributed by atoms with Gasteiger partial charge in [0.05, 0.1) is 22.6 Å². The molecule has 0 aliphatic rings. The Morgan fingerprint density at radius 2 is 2.07 bits per heavy atom. The first-order valence-corrected chi connectivity index (χ1v) is 6.79. The molecule has 0 fully saturated rings. The Morgan fingerprint density at radius 1 is 1.47 bits per heavy atom. The van der Waals surface area contributed by atoms with Crippen molar-refractivity contribution in [2.45, 2.75) is 11.8 Å². The summed E-state index contributed by atoms with van der Waals surface area (Å²) in [4.78, 5) is 0.243. The van der Waals surface area contributed by atoms with Gasteiger partial charge in [-0.3, -0.25) is 0 Å². The van der Waals surface area contributed by atoms with E-state index < -0.39 is 15.8 Å². The van der Waals surface area contributed by atoms with Crippen molar-refractivity contribution >= 4 is 25.8 Å². The summed E-state index contributed by atoms with van der Waals surface area (Å²) in [6.07, 6.45) is 0. The lowest BCUT2D eigenvalue weighted by molar-refractivity contribution is 0.588. The second-order valence-corrected chi connectivity index (χ2v) is 6.10. The van der Waals surface area contributed by atoms with Gasteiger partial charge in [0.25, 0.3) is 0 Å². The molecule has 1 rings (SSSR count). The molecule has 1 aromatic rings. The number of benzene rings is 1. The van der Waals surface area contributed by atoms with Crippen molar-refractivity contribution in [3.05, 3.63) is 28.7 Å². The van der Waals surface area contributed by atoms with Crippen molar-refractivity contribution < 1.29 is 8.42 Å². The summed E-state index contributed by atoms with van der Waals surface area (Å²) >= 11 is 3.18. The molecule has 0 saturated heterocycles. The zero-order valence-corrected chi connectivity index (χ0v) is 10.5. The lowest BCUT2D eigenvalue weighted by atomic mass is 10.3. The van der Waals surface area contributed by atoms with E-state index in [0.29, 0.717) is 4.47 Å². The van der Waals surface area contributed by atoms with Gasteiger partial charge in [-0.05, 0) is 35.0 Å². The Kier molecular flexibility index (Phi) is 3.89. The number of halogens is 1. The van der Waals surface area contributed by atoms with E-state index in [1.807, 2.05) is 6.07 Å². The molecule has 0 radical (unpaired) electrons. The summed E-state index contributed by atoms with van der Waals surface area (Å²) in [5, 5.41) is 8.59. The van der Waals surface area contributed by atoms with E-state index in [1.165, 1.54) is 6.07 Å². The summed E-state index contributed by atoms with van der Waals surface area (Å²) < 4.78 is 24.2. The third-order valence-corrected chi connectivity index (χ3v) is 4.78. The quantitative estimate of drug-likeness (QED) is 0.858. The molecular formula is C10H10BrNO2S. The number of rotatable bonds is 3. The zero-order valence-electron chi connectivity index (χ0n) is 8.14. The lowest BCUT2D eigenvalue weighted by Crippen LogP contribution is -2.13. The Bertz CT molecular complexity index is 490. The van der Waals surface area contributed by atoms with Crippen LogP contribution in [0.15, 0.2) is 33.6 Å². The molecule has 0 aromatic heterocycles. The first kappa shape index (κ1) is 12.2. The van der Waals surface area contributed by atoms with Crippen LogP contribution in [-0.4, -0.2) is 14.2 Å². The van der Waals surface area contributed by atoms with Gasteiger partial charge in [0, 0.05) is 4.47 Å². The van der Waals surface area contributed by atoms with Crippen molar-refractivity contribution in [3.8, 4) is 6.07 Å². The number of nitriles is 1. The highest BCUT2D eigenvalue weighted by atomic mass is 79.9. The van der Waals surface area contributed by atoms with E-state index in [1.54, 1.807) is 25.1 Å². The van der Waals surface area contributed by atoms with Crippen molar-refractivity contribution in [1.82, 2.24) is 0 Å². The number of hydrogen-bond donors (Lipinski definition) is 0. The maximum Gasteiger partial charge on any atom is 0.180 e. The summed E-state index contributed by atoms with van der Waals surface area (Å²) in [5.41, 5.74) is 0. The third kappa shape index (κ3) is 3.05. The van der Waals surface area contributed by atoms with Crippen molar-refractivity contribution in [3.63, 3.8) is 0 Å². The molecular weight excluding hydrogens is 278 g/mol. The van der Waals surface area contributed by atoms with Crippen LogP contribution >= 0.6 is 15.9 Å². The van der Waals surface area contributed by atoms with Crippen LogP contribution in [0.4, 0.5) is 0 Å². The highest BCUT2D eigenvalue weighted by Gasteiger charge is 2.20. The number of sulfone groups is 1. The molecule has 0 bridgehead atoms. The van der Waals surface area contributed by atoms with E-state index in [2.05, 4.69) is 15.9 Å². The van der Waals surface area contributed by atoms with Gasteiger partial charge in [0.2, 0.25) is 0 Å². The monoisotopic (exact) mass is 287 g/mol. The Hall–Kier alpha value is -0.860. The molecule has 0 spiro atoms. The predicted molar refractivity (Wildman–Crippen MR) is 61.0 cm³/mol. The van der Waals surface area contributed by atoms with Crippen molar-refractivity contribution in [2.75, 3.05) is 5.75 Å². The van der Waals surface area contributed by atoms with E-state index in [0.717, 1.165) is 0 Å². The first-order valence-electron chi connectivity index (χ1n) is 4.34. The van der Waals surface area contributed by atoms with E-state index in [-0.39, 0.29) is 10.6 Å². The summed E-state index contributed by atoms with van der Waals surface area (Å²) in [6, 6.07) is 8.53. The second-order valence-electron chi connectivity index (χ2n) is 3.24. The standard InChI is InChI=1S/C10H10BrNO2S/c1-8(6-12)7-15(13,14)10-5-3-2-4-9(10)11/h2-5,8H,7H2,1H3. The van der Waals surface area contributed by atoms with E-state index in [9.17, 15) is 8.42 Å². The molecule has 5 heteroatoms. The fourth-order valence-corrected chi connectivity index (χ4v) is 3.74. The SMILES string of the molecule is CC(C#N)CS(=O)(=O)c1ccccc1Br. The minimum Gasteiger partial charge on any atom is -0.224 e. The third-order valence-electron chi connectivity index (χ3n) is 1.86.